The van der Waals surface area contributed by atoms with E-state index in [-0.39, 0.29) is 30.3 Å². The highest BCUT2D eigenvalue weighted by molar-refractivity contribution is 6.32. The van der Waals surface area contributed by atoms with Crippen molar-refractivity contribution in [3.05, 3.63) is 130 Å². The quantitative estimate of drug-likeness (QED) is 0.136. The summed E-state index contributed by atoms with van der Waals surface area (Å²) < 4.78 is 5.40. The molecule has 4 amide bonds. The molecule has 3 fully saturated rings. The fourth-order valence-corrected chi connectivity index (χ4v) is 9.27. The number of carbonyl (C=O) groups is 5. The van der Waals surface area contributed by atoms with Gasteiger partial charge in [0.2, 0.25) is 23.6 Å². The van der Waals surface area contributed by atoms with Crippen molar-refractivity contribution in [1.82, 2.24) is 0 Å². The lowest BCUT2D eigenvalue weighted by atomic mass is 9.49. The van der Waals surface area contributed by atoms with Gasteiger partial charge in [-0.1, -0.05) is 65.7 Å². The fourth-order valence-electron chi connectivity index (χ4n) is 9.08. The second kappa shape index (κ2) is 12.1. The third-order valence-corrected chi connectivity index (χ3v) is 11.5. The van der Waals surface area contributed by atoms with Gasteiger partial charge in [-0.05, 0) is 79.8 Å². The number of rotatable bonds is 6. The number of Topliss-reactive ketones (excluding diaryl/α,β-unsaturated/α-hetero) is 1. The number of anilines is 2. The van der Waals surface area contributed by atoms with E-state index in [1.807, 2.05) is 36.4 Å². The Balaban J connectivity index is 1.33. The summed E-state index contributed by atoms with van der Waals surface area (Å²) in [6.45, 7) is 1.45. The van der Waals surface area contributed by atoms with Crippen LogP contribution in [0.15, 0.2) is 109 Å². The van der Waals surface area contributed by atoms with Crippen LogP contribution in [-0.4, -0.2) is 41.6 Å². The molecule has 9 nitrogen and oxygen atoms in total. The van der Waals surface area contributed by atoms with Crippen LogP contribution in [0.2, 0.25) is 5.02 Å². The number of phenolic OH excluding ortho intramolecular Hbond substituents is 1. The second-order valence-corrected chi connectivity index (χ2v) is 14.1. The van der Waals surface area contributed by atoms with Gasteiger partial charge in [0.25, 0.3) is 0 Å². The van der Waals surface area contributed by atoms with E-state index in [4.69, 9.17) is 16.3 Å². The molecule has 0 aromatic heterocycles. The number of ether oxygens (including phenoxy) is 1. The number of aromatic hydroxyl groups is 1. The van der Waals surface area contributed by atoms with E-state index in [9.17, 15) is 24.3 Å². The lowest BCUT2D eigenvalue weighted by Crippen LogP contribution is -2.53. The smallest absolute Gasteiger partial charge is 0.246 e. The number of phenols is 1. The molecule has 2 heterocycles. The van der Waals surface area contributed by atoms with Crippen LogP contribution < -0.4 is 14.5 Å². The molecule has 1 saturated carbocycles. The van der Waals surface area contributed by atoms with Crippen LogP contribution in [0.4, 0.5) is 11.4 Å². The average Bonchev–Trinajstić information content (AvgIpc) is 3.52. The van der Waals surface area contributed by atoms with E-state index in [0.29, 0.717) is 38.8 Å². The SMILES string of the molecule is COc1ccc([C@H]2C3=CC[C@@H]4C(=O)N(c5ccc(C(C)=O)cc5)C(=O)[C@@H]4[C@@H]3C[C@H]3C(=O)N(c4cccc(Cl)c4)C(=O)[C@@]23c2ccccc2)c(O)c1. The van der Waals surface area contributed by atoms with E-state index in [2.05, 4.69) is 0 Å². The Morgan fingerprint density at radius 3 is 2.24 bits per heavy atom. The summed E-state index contributed by atoms with van der Waals surface area (Å²) >= 11 is 6.38. The Kier molecular flexibility index (Phi) is 7.72. The number of ketones is 1. The van der Waals surface area contributed by atoms with E-state index < -0.39 is 52.7 Å². The van der Waals surface area contributed by atoms with Crippen molar-refractivity contribution < 1.29 is 33.8 Å². The molecule has 2 saturated heterocycles. The highest BCUT2D eigenvalue weighted by Gasteiger charge is 2.70. The zero-order chi connectivity index (χ0) is 35.8. The Morgan fingerprint density at radius 2 is 1.57 bits per heavy atom. The number of nitrogens with zero attached hydrogens (tertiary/aromatic N) is 2. The molecule has 4 aliphatic rings. The lowest BCUT2D eigenvalue weighted by Gasteiger charge is -2.50. The molecule has 4 aromatic carbocycles. The summed E-state index contributed by atoms with van der Waals surface area (Å²) in [4.78, 5) is 73.0. The van der Waals surface area contributed by atoms with Crippen LogP contribution in [0, 0.1) is 23.7 Å². The minimum atomic E-state index is -1.52. The lowest BCUT2D eigenvalue weighted by molar-refractivity contribution is -0.127. The van der Waals surface area contributed by atoms with Crippen LogP contribution in [0.5, 0.6) is 11.5 Å². The Hall–Kier alpha value is -5.54. The maximum atomic E-state index is 15.3. The van der Waals surface area contributed by atoms with Gasteiger partial charge in [-0.3, -0.25) is 28.9 Å². The number of benzene rings is 4. The van der Waals surface area contributed by atoms with Crippen molar-refractivity contribution in [3.63, 3.8) is 0 Å². The Morgan fingerprint density at radius 1 is 0.824 bits per heavy atom. The third kappa shape index (κ3) is 4.71. The highest BCUT2D eigenvalue weighted by Crippen LogP contribution is 2.65. The molecule has 1 N–H and O–H groups in total. The van der Waals surface area contributed by atoms with Crippen molar-refractivity contribution in [2.75, 3.05) is 16.9 Å². The number of hydrogen-bond donors (Lipinski definition) is 1. The summed E-state index contributed by atoms with van der Waals surface area (Å²) in [6, 6.07) is 27.0. The van der Waals surface area contributed by atoms with Crippen LogP contribution in [0.1, 0.15) is 47.2 Å². The van der Waals surface area contributed by atoms with Gasteiger partial charge >= 0.3 is 0 Å². The minimum absolute atomic E-state index is 0.118. The standard InChI is InChI=1S/C41H33ClN2O7/c1-22(45)23-11-13-26(14-12-23)43-37(47)31-18-17-29-32(35(31)39(43)49)21-33-38(48)44(27-10-6-9-25(42)19-27)40(50)41(33,24-7-4-3-5-8-24)36(29)30-16-15-28(51-2)20-34(30)46/h3-17,19-20,31-33,35-36,46H,18,21H2,1-2H3/t31-,32+,33-,35-,36+,41+/m0/s1. The molecule has 256 valence electrons. The number of halogens is 1. The van der Waals surface area contributed by atoms with E-state index in [1.165, 1.54) is 29.9 Å². The summed E-state index contributed by atoms with van der Waals surface area (Å²) in [5.41, 5.74) is 1.35. The van der Waals surface area contributed by atoms with Crippen LogP contribution in [0.3, 0.4) is 0 Å². The topological polar surface area (TPSA) is 121 Å². The van der Waals surface area contributed by atoms with Gasteiger partial charge in [-0.15, -0.1) is 0 Å². The molecular weight excluding hydrogens is 668 g/mol. The summed E-state index contributed by atoms with van der Waals surface area (Å²) in [5, 5.41) is 12.0. The van der Waals surface area contributed by atoms with Gasteiger partial charge in [-0.25, -0.2) is 4.90 Å². The molecule has 2 aliphatic carbocycles. The van der Waals surface area contributed by atoms with Crippen molar-refractivity contribution in [2.24, 2.45) is 23.7 Å². The van der Waals surface area contributed by atoms with E-state index in [0.717, 1.165) is 5.57 Å². The van der Waals surface area contributed by atoms with Crippen molar-refractivity contribution in [1.29, 1.82) is 0 Å². The average molecular weight is 701 g/mol. The van der Waals surface area contributed by atoms with Gasteiger partial charge in [0, 0.05) is 28.1 Å². The number of allylic oxidation sites excluding steroid dienone is 2. The van der Waals surface area contributed by atoms with Crippen LogP contribution >= 0.6 is 11.6 Å². The molecule has 10 heteroatoms. The number of methoxy groups -OCH3 is 1. The fraction of sp³-hybridized carbons (Fsp3) is 0.244. The molecule has 0 bridgehead atoms. The summed E-state index contributed by atoms with van der Waals surface area (Å²) in [6.07, 6.45) is 2.29. The molecule has 0 radical (unpaired) electrons. The van der Waals surface area contributed by atoms with Gasteiger partial charge < -0.3 is 9.84 Å². The molecule has 0 unspecified atom stereocenters. The summed E-state index contributed by atoms with van der Waals surface area (Å²) in [5.74, 6) is -5.48. The van der Waals surface area contributed by atoms with Gasteiger partial charge in [0.1, 0.15) is 11.5 Å². The number of amides is 4. The first-order valence-electron chi connectivity index (χ1n) is 16.8. The van der Waals surface area contributed by atoms with Crippen molar-refractivity contribution >= 4 is 52.4 Å². The molecule has 8 rings (SSSR count). The van der Waals surface area contributed by atoms with Crippen molar-refractivity contribution in [3.8, 4) is 11.5 Å². The zero-order valence-electron chi connectivity index (χ0n) is 27.8. The minimum Gasteiger partial charge on any atom is -0.508 e. The maximum absolute atomic E-state index is 15.3. The van der Waals surface area contributed by atoms with Gasteiger partial charge in [0.15, 0.2) is 5.78 Å². The highest BCUT2D eigenvalue weighted by atomic mass is 35.5. The molecular formula is C41H33ClN2O7. The molecule has 2 aliphatic heterocycles. The molecule has 51 heavy (non-hydrogen) atoms. The number of fused-ring (bicyclic) bond motifs is 4. The Labute approximate surface area is 299 Å². The maximum Gasteiger partial charge on any atom is 0.246 e. The van der Waals surface area contributed by atoms with Gasteiger partial charge in [-0.2, -0.15) is 0 Å². The first kappa shape index (κ1) is 32.7. The number of imide groups is 2. The van der Waals surface area contributed by atoms with Crippen LogP contribution in [-0.2, 0) is 24.6 Å². The second-order valence-electron chi connectivity index (χ2n) is 13.6. The van der Waals surface area contributed by atoms with Crippen LogP contribution in [0.25, 0.3) is 0 Å². The summed E-state index contributed by atoms with van der Waals surface area (Å²) in [7, 11) is 1.49. The van der Waals surface area contributed by atoms with E-state index >= 15 is 4.79 Å². The first-order chi connectivity index (χ1) is 24.6. The number of carbonyl (C=O) groups excluding carboxylic acids is 5. The largest absolute Gasteiger partial charge is 0.508 e. The molecule has 6 atom stereocenters. The predicted octanol–water partition coefficient (Wildman–Crippen LogP) is 6.62. The molecule has 0 spiro atoms. The predicted molar refractivity (Wildman–Crippen MR) is 190 cm³/mol. The number of hydrogen-bond acceptors (Lipinski definition) is 7. The monoisotopic (exact) mass is 700 g/mol. The normalized spacial score (nSPS) is 26.8. The van der Waals surface area contributed by atoms with Gasteiger partial charge in [0.05, 0.1) is 41.7 Å². The molecule has 4 aromatic rings. The Bertz CT molecular complexity index is 2180. The van der Waals surface area contributed by atoms with E-state index in [1.54, 1.807) is 60.7 Å². The third-order valence-electron chi connectivity index (χ3n) is 11.2. The zero-order valence-corrected chi connectivity index (χ0v) is 28.5. The first-order valence-corrected chi connectivity index (χ1v) is 17.2. The van der Waals surface area contributed by atoms with Crippen molar-refractivity contribution in [2.45, 2.75) is 31.1 Å².